The van der Waals surface area contributed by atoms with Gasteiger partial charge in [0.2, 0.25) is 0 Å². The van der Waals surface area contributed by atoms with Gasteiger partial charge < -0.3 is 14.2 Å². The average molecular weight is 494 g/mol. The average Bonchev–Trinajstić information content (AvgIpc) is 3.11. The van der Waals surface area contributed by atoms with Crippen LogP contribution in [0.2, 0.25) is 0 Å². The molecule has 1 saturated heterocycles. The van der Waals surface area contributed by atoms with Crippen LogP contribution in [-0.2, 0) is 11.4 Å². The molecule has 0 aromatic heterocycles. The number of thioether (sulfide) groups is 1. The standard InChI is InChI=1S/C27H24FNO5S/c1-18-4-3-5-22(14-18)33-13-12-29-26(30)25(35-27(29)31)16-20-8-11-23(24(15-20)32-2)34-17-19-6-9-21(28)10-7-19/h3-11,14-16H,12-13,17H2,1-2H3/b25-16-. The van der Waals surface area contributed by atoms with Crippen LogP contribution in [0.25, 0.3) is 6.08 Å². The molecule has 1 aliphatic rings. The molecule has 3 aromatic rings. The van der Waals surface area contributed by atoms with E-state index >= 15 is 0 Å². The number of nitrogens with zero attached hydrogens (tertiary/aromatic N) is 1. The van der Waals surface area contributed by atoms with E-state index in [0.29, 0.717) is 27.7 Å². The summed E-state index contributed by atoms with van der Waals surface area (Å²) in [4.78, 5) is 26.7. The fourth-order valence-corrected chi connectivity index (χ4v) is 4.30. The summed E-state index contributed by atoms with van der Waals surface area (Å²) in [7, 11) is 1.52. The summed E-state index contributed by atoms with van der Waals surface area (Å²) in [6.07, 6.45) is 1.65. The molecule has 0 N–H and O–H groups in total. The lowest BCUT2D eigenvalue weighted by Crippen LogP contribution is -2.32. The highest BCUT2D eigenvalue weighted by atomic mass is 32.2. The van der Waals surface area contributed by atoms with Crippen molar-refractivity contribution < 1.29 is 28.2 Å². The molecule has 6 nitrogen and oxygen atoms in total. The highest BCUT2D eigenvalue weighted by molar-refractivity contribution is 8.18. The SMILES string of the molecule is COc1cc(/C=C2\SC(=O)N(CCOc3cccc(C)c3)C2=O)ccc1OCc1ccc(F)cc1. The summed E-state index contributed by atoms with van der Waals surface area (Å²) in [6.45, 7) is 2.59. The Morgan fingerprint density at radius 2 is 1.77 bits per heavy atom. The van der Waals surface area contributed by atoms with Crippen LogP contribution in [0.3, 0.4) is 0 Å². The van der Waals surface area contributed by atoms with Gasteiger partial charge in [-0.1, -0.05) is 30.3 Å². The van der Waals surface area contributed by atoms with Gasteiger partial charge in [0, 0.05) is 0 Å². The normalized spacial score (nSPS) is 14.5. The molecule has 35 heavy (non-hydrogen) atoms. The maximum atomic E-state index is 13.1. The van der Waals surface area contributed by atoms with Crippen molar-refractivity contribution >= 4 is 29.0 Å². The Kier molecular flexibility index (Phi) is 7.72. The molecular weight excluding hydrogens is 469 g/mol. The second kappa shape index (κ2) is 11.1. The number of halogens is 1. The zero-order valence-corrected chi connectivity index (χ0v) is 20.1. The molecule has 180 valence electrons. The summed E-state index contributed by atoms with van der Waals surface area (Å²) < 4.78 is 30.0. The van der Waals surface area contributed by atoms with Crippen molar-refractivity contribution in [1.29, 1.82) is 0 Å². The van der Waals surface area contributed by atoms with Gasteiger partial charge in [-0.15, -0.1) is 0 Å². The van der Waals surface area contributed by atoms with E-state index < -0.39 is 0 Å². The van der Waals surface area contributed by atoms with Gasteiger partial charge in [-0.25, -0.2) is 4.39 Å². The van der Waals surface area contributed by atoms with Gasteiger partial charge in [0.25, 0.3) is 11.1 Å². The number of imide groups is 1. The van der Waals surface area contributed by atoms with Gasteiger partial charge in [0.05, 0.1) is 18.6 Å². The van der Waals surface area contributed by atoms with Crippen molar-refractivity contribution in [2.45, 2.75) is 13.5 Å². The smallest absolute Gasteiger partial charge is 0.293 e. The Balaban J connectivity index is 1.39. The molecule has 2 amide bonds. The summed E-state index contributed by atoms with van der Waals surface area (Å²) in [5.41, 5.74) is 2.58. The van der Waals surface area contributed by atoms with E-state index in [9.17, 15) is 14.0 Å². The molecule has 1 aliphatic heterocycles. The monoisotopic (exact) mass is 493 g/mol. The van der Waals surface area contributed by atoms with Crippen LogP contribution in [-0.4, -0.2) is 36.3 Å². The van der Waals surface area contributed by atoms with Crippen molar-refractivity contribution in [3.63, 3.8) is 0 Å². The predicted molar refractivity (Wildman–Crippen MR) is 133 cm³/mol. The van der Waals surface area contributed by atoms with Crippen molar-refractivity contribution in [3.8, 4) is 17.2 Å². The third-order valence-corrected chi connectivity index (χ3v) is 6.15. The zero-order chi connectivity index (χ0) is 24.8. The molecule has 8 heteroatoms. The van der Waals surface area contributed by atoms with Crippen molar-refractivity contribution in [1.82, 2.24) is 4.90 Å². The van der Waals surface area contributed by atoms with Crippen LogP contribution in [0.5, 0.6) is 17.2 Å². The van der Waals surface area contributed by atoms with Gasteiger partial charge >= 0.3 is 0 Å². The first-order valence-corrected chi connectivity index (χ1v) is 11.7. The first kappa shape index (κ1) is 24.3. The number of ether oxygens (including phenoxy) is 3. The molecule has 4 rings (SSSR count). The predicted octanol–water partition coefficient (Wildman–Crippen LogP) is 5.84. The fourth-order valence-electron chi connectivity index (χ4n) is 3.44. The third kappa shape index (κ3) is 6.22. The molecule has 0 unspecified atom stereocenters. The van der Waals surface area contributed by atoms with Crippen molar-refractivity contribution in [2.75, 3.05) is 20.3 Å². The number of carbonyl (C=O) groups excluding carboxylic acids is 2. The van der Waals surface area contributed by atoms with Crippen LogP contribution in [0.1, 0.15) is 16.7 Å². The van der Waals surface area contributed by atoms with Crippen LogP contribution >= 0.6 is 11.8 Å². The number of rotatable bonds is 9. The Labute approximate surface area is 207 Å². The summed E-state index contributed by atoms with van der Waals surface area (Å²) in [5.74, 6) is 1.02. The molecule has 3 aromatic carbocycles. The van der Waals surface area contributed by atoms with Crippen LogP contribution in [0, 0.1) is 12.7 Å². The van der Waals surface area contributed by atoms with Gasteiger partial charge in [-0.3, -0.25) is 14.5 Å². The molecule has 0 saturated carbocycles. The van der Waals surface area contributed by atoms with Gasteiger partial charge in [-0.05, 0) is 77.9 Å². The van der Waals surface area contributed by atoms with E-state index in [1.54, 1.807) is 36.4 Å². The molecule has 0 bridgehead atoms. The van der Waals surface area contributed by atoms with Gasteiger partial charge in [0.1, 0.15) is 24.8 Å². The van der Waals surface area contributed by atoms with E-state index in [2.05, 4.69) is 0 Å². The van der Waals surface area contributed by atoms with Crippen molar-refractivity contribution in [3.05, 3.63) is 94.1 Å². The first-order chi connectivity index (χ1) is 16.9. The molecule has 0 atom stereocenters. The summed E-state index contributed by atoms with van der Waals surface area (Å²) in [5, 5.41) is -0.333. The first-order valence-electron chi connectivity index (χ1n) is 10.9. The largest absolute Gasteiger partial charge is 0.493 e. The topological polar surface area (TPSA) is 65.1 Å². The second-order valence-electron chi connectivity index (χ2n) is 7.82. The van der Waals surface area contributed by atoms with Crippen LogP contribution in [0.4, 0.5) is 9.18 Å². The Morgan fingerprint density at radius 3 is 2.51 bits per heavy atom. The number of amides is 2. The molecule has 0 spiro atoms. The number of hydrogen-bond donors (Lipinski definition) is 0. The molecule has 1 fully saturated rings. The van der Waals surface area contributed by atoms with E-state index in [4.69, 9.17) is 14.2 Å². The Bertz CT molecular complexity index is 1260. The fraction of sp³-hybridized carbons (Fsp3) is 0.185. The minimum Gasteiger partial charge on any atom is -0.493 e. The van der Waals surface area contributed by atoms with Gasteiger partial charge in [0.15, 0.2) is 11.5 Å². The molecule has 0 aliphatic carbocycles. The number of hydrogen-bond acceptors (Lipinski definition) is 6. The number of carbonyl (C=O) groups is 2. The number of benzene rings is 3. The zero-order valence-electron chi connectivity index (χ0n) is 19.3. The lowest BCUT2D eigenvalue weighted by Gasteiger charge is -2.13. The Hall–Kier alpha value is -3.78. The number of methoxy groups -OCH3 is 1. The van der Waals surface area contributed by atoms with E-state index in [1.807, 2.05) is 31.2 Å². The maximum Gasteiger partial charge on any atom is 0.293 e. The third-order valence-electron chi connectivity index (χ3n) is 5.24. The van der Waals surface area contributed by atoms with E-state index in [-0.39, 0.29) is 36.7 Å². The Morgan fingerprint density at radius 1 is 0.971 bits per heavy atom. The van der Waals surface area contributed by atoms with Crippen molar-refractivity contribution in [2.24, 2.45) is 0 Å². The lowest BCUT2D eigenvalue weighted by atomic mass is 10.1. The van der Waals surface area contributed by atoms with Gasteiger partial charge in [-0.2, -0.15) is 0 Å². The second-order valence-corrected chi connectivity index (χ2v) is 8.82. The lowest BCUT2D eigenvalue weighted by molar-refractivity contribution is -0.123. The minimum atomic E-state index is -0.358. The molecule has 0 radical (unpaired) electrons. The van der Waals surface area contributed by atoms with E-state index in [1.165, 1.54) is 24.1 Å². The minimum absolute atomic E-state index is 0.162. The highest BCUT2D eigenvalue weighted by Gasteiger charge is 2.34. The maximum absolute atomic E-state index is 13.1. The van der Waals surface area contributed by atoms with E-state index in [0.717, 1.165) is 22.9 Å². The number of aryl methyl sites for hydroxylation is 1. The quantitative estimate of drug-likeness (QED) is 0.349. The van der Waals surface area contributed by atoms with Crippen LogP contribution in [0.15, 0.2) is 71.6 Å². The summed E-state index contributed by atoms with van der Waals surface area (Å²) in [6, 6.07) is 18.9. The highest BCUT2D eigenvalue weighted by Crippen LogP contribution is 2.34. The summed E-state index contributed by atoms with van der Waals surface area (Å²) >= 11 is 0.892. The van der Waals surface area contributed by atoms with Crippen LogP contribution < -0.4 is 14.2 Å². The molecule has 1 heterocycles. The molecular formula is C27H24FNO5S.